The zero-order valence-corrected chi connectivity index (χ0v) is 12.1. The maximum Gasteiger partial charge on any atom is 0.306 e. The second-order valence-corrected chi connectivity index (χ2v) is 7.85. The summed E-state index contributed by atoms with van der Waals surface area (Å²) in [7, 11) is -3.00. The molecule has 0 radical (unpaired) electrons. The summed E-state index contributed by atoms with van der Waals surface area (Å²) in [6.07, 6.45) is 6.50. The van der Waals surface area contributed by atoms with Gasteiger partial charge < -0.3 is 5.11 Å². The van der Waals surface area contributed by atoms with Crippen LogP contribution >= 0.6 is 0 Å². The van der Waals surface area contributed by atoms with Gasteiger partial charge in [-0.1, -0.05) is 19.8 Å². The Morgan fingerprint density at radius 3 is 2.44 bits per heavy atom. The van der Waals surface area contributed by atoms with Crippen LogP contribution in [-0.2, 0) is 14.6 Å². The van der Waals surface area contributed by atoms with Gasteiger partial charge >= 0.3 is 5.97 Å². The fourth-order valence-electron chi connectivity index (χ4n) is 3.04. The highest BCUT2D eigenvalue weighted by Gasteiger charge is 2.34. The van der Waals surface area contributed by atoms with Gasteiger partial charge in [0.05, 0.1) is 11.7 Å². The zero-order chi connectivity index (χ0) is 13.8. The van der Waals surface area contributed by atoms with Crippen LogP contribution in [0.4, 0.5) is 0 Å². The largest absolute Gasteiger partial charge is 0.481 e. The molecule has 1 N–H and O–H groups in total. The number of hydrogen-bond donors (Lipinski definition) is 1. The maximum absolute atomic E-state index is 11.2. The van der Waals surface area contributed by atoms with E-state index in [1.807, 2.05) is 0 Å². The molecule has 1 saturated carbocycles. The predicted molar refractivity (Wildman–Crippen MR) is 71.2 cm³/mol. The van der Waals surface area contributed by atoms with Gasteiger partial charge in [0.15, 0.2) is 0 Å². The SMILES string of the molecule is CCCC1CCC(C(=O)O)C(CCS(C)(=O)=O)C1. The molecule has 0 aromatic rings. The smallest absolute Gasteiger partial charge is 0.306 e. The quantitative estimate of drug-likeness (QED) is 0.808. The highest BCUT2D eigenvalue weighted by atomic mass is 32.2. The van der Waals surface area contributed by atoms with Crippen molar-refractivity contribution < 1.29 is 18.3 Å². The number of aliphatic carboxylic acids is 1. The normalized spacial score (nSPS) is 29.1. The lowest BCUT2D eigenvalue weighted by atomic mass is 9.72. The summed E-state index contributed by atoms with van der Waals surface area (Å²) in [6, 6.07) is 0. The summed E-state index contributed by atoms with van der Waals surface area (Å²) in [4.78, 5) is 11.2. The highest BCUT2D eigenvalue weighted by Crippen LogP contribution is 2.38. The molecule has 1 aliphatic carbocycles. The molecule has 5 heteroatoms. The van der Waals surface area contributed by atoms with Crippen LogP contribution < -0.4 is 0 Å². The Hall–Kier alpha value is -0.580. The molecule has 0 heterocycles. The number of carbonyl (C=O) groups is 1. The third-order valence-electron chi connectivity index (χ3n) is 3.96. The third kappa shape index (κ3) is 4.96. The van der Waals surface area contributed by atoms with Gasteiger partial charge in [0.1, 0.15) is 9.84 Å². The Bertz CT molecular complexity index is 374. The number of hydrogen-bond acceptors (Lipinski definition) is 3. The van der Waals surface area contributed by atoms with Crippen LogP contribution in [0, 0.1) is 17.8 Å². The van der Waals surface area contributed by atoms with E-state index >= 15 is 0 Å². The van der Waals surface area contributed by atoms with Crippen LogP contribution in [0.15, 0.2) is 0 Å². The summed E-state index contributed by atoms with van der Waals surface area (Å²) < 4.78 is 22.4. The van der Waals surface area contributed by atoms with Crippen LogP contribution in [0.3, 0.4) is 0 Å². The van der Waals surface area contributed by atoms with Gasteiger partial charge in [0, 0.05) is 6.26 Å². The molecule has 1 rings (SSSR count). The number of carboxylic acids is 1. The Morgan fingerprint density at radius 1 is 1.28 bits per heavy atom. The van der Waals surface area contributed by atoms with E-state index in [9.17, 15) is 18.3 Å². The molecule has 0 aromatic carbocycles. The first-order chi connectivity index (χ1) is 8.33. The van der Waals surface area contributed by atoms with Crippen molar-refractivity contribution in [2.45, 2.75) is 45.4 Å². The molecule has 0 amide bonds. The van der Waals surface area contributed by atoms with Crippen molar-refractivity contribution in [3.8, 4) is 0 Å². The molecule has 4 nitrogen and oxygen atoms in total. The average Bonchev–Trinajstić information content (AvgIpc) is 2.25. The van der Waals surface area contributed by atoms with E-state index in [2.05, 4.69) is 6.92 Å². The molecule has 3 atom stereocenters. The number of carboxylic acid groups (broad SMARTS) is 1. The fourth-order valence-corrected chi connectivity index (χ4v) is 3.77. The summed E-state index contributed by atoms with van der Waals surface area (Å²) in [5.41, 5.74) is 0. The standard InChI is InChI=1S/C13H24O4S/c1-3-4-10-5-6-12(13(14)15)11(9-10)7-8-18(2,16)17/h10-12H,3-9H2,1-2H3,(H,14,15). The number of sulfone groups is 1. The molecular formula is C13H24O4S. The molecule has 106 valence electrons. The van der Waals surface area contributed by atoms with Crippen LogP contribution in [0.2, 0.25) is 0 Å². The van der Waals surface area contributed by atoms with E-state index < -0.39 is 15.8 Å². The van der Waals surface area contributed by atoms with Crippen LogP contribution in [-0.4, -0.2) is 31.5 Å². The van der Waals surface area contributed by atoms with E-state index in [0.717, 1.165) is 25.7 Å². The first-order valence-electron chi connectivity index (χ1n) is 6.74. The monoisotopic (exact) mass is 276 g/mol. The molecule has 18 heavy (non-hydrogen) atoms. The van der Waals surface area contributed by atoms with Gasteiger partial charge in [0.25, 0.3) is 0 Å². The summed E-state index contributed by atoms with van der Waals surface area (Å²) in [5.74, 6) is -0.388. The first kappa shape index (κ1) is 15.5. The second-order valence-electron chi connectivity index (χ2n) is 5.59. The van der Waals surface area contributed by atoms with Crippen LogP contribution in [0.1, 0.15) is 45.4 Å². The van der Waals surface area contributed by atoms with Gasteiger partial charge in [-0.25, -0.2) is 8.42 Å². The van der Waals surface area contributed by atoms with E-state index in [1.165, 1.54) is 6.26 Å². The molecule has 0 bridgehead atoms. The second kappa shape index (κ2) is 6.55. The van der Waals surface area contributed by atoms with Crippen molar-refractivity contribution in [1.82, 2.24) is 0 Å². The maximum atomic E-state index is 11.2. The highest BCUT2D eigenvalue weighted by molar-refractivity contribution is 7.90. The lowest BCUT2D eigenvalue weighted by molar-refractivity contribution is -0.145. The Labute approximate surface area is 110 Å². The van der Waals surface area contributed by atoms with Crippen molar-refractivity contribution in [3.05, 3.63) is 0 Å². The van der Waals surface area contributed by atoms with E-state index in [0.29, 0.717) is 18.8 Å². The van der Waals surface area contributed by atoms with Crippen molar-refractivity contribution in [2.75, 3.05) is 12.0 Å². The van der Waals surface area contributed by atoms with Crippen molar-refractivity contribution in [3.63, 3.8) is 0 Å². The minimum atomic E-state index is -3.00. The predicted octanol–water partition coefficient (Wildman–Crippen LogP) is 2.34. The fraction of sp³-hybridized carbons (Fsp3) is 0.923. The lowest BCUT2D eigenvalue weighted by Gasteiger charge is -2.33. The van der Waals surface area contributed by atoms with Gasteiger partial charge in [-0.3, -0.25) is 4.79 Å². The Kier molecular flexibility index (Phi) is 5.63. The zero-order valence-electron chi connectivity index (χ0n) is 11.3. The van der Waals surface area contributed by atoms with Crippen molar-refractivity contribution in [1.29, 1.82) is 0 Å². The minimum absolute atomic E-state index is 0.0301. The molecule has 3 unspecified atom stereocenters. The molecular weight excluding hydrogens is 252 g/mol. The summed E-state index contributed by atoms with van der Waals surface area (Å²) in [5, 5.41) is 9.20. The summed E-state index contributed by atoms with van der Waals surface area (Å²) in [6.45, 7) is 2.13. The van der Waals surface area contributed by atoms with Crippen molar-refractivity contribution in [2.24, 2.45) is 17.8 Å². The van der Waals surface area contributed by atoms with Crippen LogP contribution in [0.5, 0.6) is 0 Å². The van der Waals surface area contributed by atoms with Gasteiger partial charge in [-0.2, -0.15) is 0 Å². The lowest BCUT2D eigenvalue weighted by Crippen LogP contribution is -2.32. The first-order valence-corrected chi connectivity index (χ1v) is 8.80. The van der Waals surface area contributed by atoms with Crippen LogP contribution in [0.25, 0.3) is 0 Å². The number of rotatable bonds is 6. The Balaban J connectivity index is 2.63. The van der Waals surface area contributed by atoms with Gasteiger partial charge in [-0.05, 0) is 37.5 Å². The van der Waals surface area contributed by atoms with E-state index in [-0.39, 0.29) is 17.6 Å². The van der Waals surface area contributed by atoms with E-state index in [1.54, 1.807) is 0 Å². The minimum Gasteiger partial charge on any atom is -0.481 e. The third-order valence-corrected chi connectivity index (χ3v) is 4.94. The van der Waals surface area contributed by atoms with Gasteiger partial charge in [-0.15, -0.1) is 0 Å². The van der Waals surface area contributed by atoms with E-state index in [4.69, 9.17) is 0 Å². The molecule has 0 aromatic heterocycles. The molecule has 1 aliphatic rings. The molecule has 0 aliphatic heterocycles. The van der Waals surface area contributed by atoms with Gasteiger partial charge in [0.2, 0.25) is 0 Å². The molecule has 0 spiro atoms. The molecule has 0 saturated heterocycles. The Morgan fingerprint density at radius 2 is 1.94 bits per heavy atom. The summed E-state index contributed by atoms with van der Waals surface area (Å²) >= 11 is 0. The topological polar surface area (TPSA) is 71.4 Å². The molecule has 1 fully saturated rings. The average molecular weight is 276 g/mol. The van der Waals surface area contributed by atoms with Crippen molar-refractivity contribution >= 4 is 15.8 Å².